The topological polar surface area (TPSA) is 12.0 Å². The summed E-state index contributed by atoms with van der Waals surface area (Å²) in [7, 11) is 0. The summed E-state index contributed by atoms with van der Waals surface area (Å²) in [6.07, 6.45) is 21.9. The largest absolute Gasteiger partial charge is 0.356 e. The first-order chi connectivity index (χ1) is 13.9. The van der Waals surface area contributed by atoms with Crippen LogP contribution in [0, 0.1) is 5.41 Å². The fraction of sp³-hybridized carbons (Fsp3) is 0.357. The van der Waals surface area contributed by atoms with Gasteiger partial charge in [-0.05, 0) is 73.3 Å². The number of rotatable bonds is 11. The van der Waals surface area contributed by atoms with Crippen LogP contribution in [-0.2, 0) is 0 Å². The van der Waals surface area contributed by atoms with Crippen LogP contribution in [0.3, 0.4) is 0 Å². The van der Waals surface area contributed by atoms with Crippen molar-refractivity contribution in [2.45, 2.75) is 59.8 Å². The van der Waals surface area contributed by atoms with Gasteiger partial charge in [0.2, 0.25) is 0 Å². The number of hydrogen-bond acceptors (Lipinski definition) is 1. The molecule has 1 heteroatoms. The van der Waals surface area contributed by atoms with Crippen molar-refractivity contribution in [2.24, 2.45) is 5.41 Å². The standard InChI is InChI=1S/C28H39N/c1-9-14-15-25(11-3)21-26(12-4)23(7)24(8)29-27-17-16-22(6)28(13-5,19-10-2)20-18-27/h9,11-12,14-18,29H,1,6-8,10,13,19-21H2,2-5H3/b15-14-,25-11+,26-12-. The molecule has 1 aliphatic carbocycles. The molecule has 1 rings (SSSR count). The third-order valence-electron chi connectivity index (χ3n) is 5.87. The molecule has 0 spiro atoms. The van der Waals surface area contributed by atoms with Gasteiger partial charge in [0, 0.05) is 11.4 Å². The second kappa shape index (κ2) is 12.1. The molecule has 1 atom stereocenters. The van der Waals surface area contributed by atoms with Gasteiger partial charge in [-0.15, -0.1) is 0 Å². The predicted octanol–water partition coefficient (Wildman–Crippen LogP) is 8.27. The van der Waals surface area contributed by atoms with Crippen LogP contribution in [0.15, 0.2) is 109 Å². The Bertz CT molecular complexity index is 779. The van der Waals surface area contributed by atoms with E-state index in [4.69, 9.17) is 0 Å². The molecule has 1 nitrogen and oxygen atoms in total. The zero-order valence-corrected chi connectivity index (χ0v) is 19.0. The number of nitrogens with one attached hydrogen (secondary N) is 1. The lowest BCUT2D eigenvalue weighted by Crippen LogP contribution is -2.20. The lowest BCUT2D eigenvalue weighted by atomic mass is 9.72. The first-order valence-electron chi connectivity index (χ1n) is 10.7. The highest BCUT2D eigenvalue weighted by molar-refractivity contribution is 5.48. The van der Waals surface area contributed by atoms with Gasteiger partial charge in [0.1, 0.15) is 0 Å². The molecule has 0 heterocycles. The first kappa shape index (κ1) is 24.5. The summed E-state index contributed by atoms with van der Waals surface area (Å²) in [5.74, 6) is 0. The molecule has 1 N–H and O–H groups in total. The highest BCUT2D eigenvalue weighted by Gasteiger charge is 2.29. The molecule has 0 fully saturated rings. The van der Waals surface area contributed by atoms with Crippen molar-refractivity contribution in [3.63, 3.8) is 0 Å². The SMILES string of the molecule is C=C/C=C\C(=C/C)C/C(=C/C)C(=C)C(=C)NC1=CCC(CC)(CCC)C(=C)C=C1. The normalized spacial score (nSPS) is 20.4. The number of allylic oxidation sites excluding steroid dienone is 11. The lowest BCUT2D eigenvalue weighted by molar-refractivity contribution is 0.322. The average molecular weight is 390 g/mol. The molecule has 0 aromatic carbocycles. The van der Waals surface area contributed by atoms with E-state index in [2.05, 4.69) is 88.9 Å². The predicted molar refractivity (Wildman–Crippen MR) is 131 cm³/mol. The Morgan fingerprint density at radius 2 is 1.90 bits per heavy atom. The van der Waals surface area contributed by atoms with Crippen molar-refractivity contribution in [3.8, 4) is 0 Å². The zero-order chi connectivity index (χ0) is 21.9. The summed E-state index contributed by atoms with van der Waals surface area (Å²) < 4.78 is 0. The van der Waals surface area contributed by atoms with Gasteiger partial charge in [-0.3, -0.25) is 0 Å². The van der Waals surface area contributed by atoms with E-state index in [9.17, 15) is 0 Å². The summed E-state index contributed by atoms with van der Waals surface area (Å²) >= 11 is 0. The maximum atomic E-state index is 4.36. The molecule has 0 aliphatic heterocycles. The fourth-order valence-corrected chi connectivity index (χ4v) is 3.75. The highest BCUT2D eigenvalue weighted by Crippen LogP contribution is 2.42. The van der Waals surface area contributed by atoms with Gasteiger partial charge >= 0.3 is 0 Å². The molecule has 0 amide bonds. The maximum Gasteiger partial charge on any atom is 0.0381 e. The summed E-state index contributed by atoms with van der Waals surface area (Å²) in [4.78, 5) is 0. The van der Waals surface area contributed by atoms with Crippen LogP contribution in [0.2, 0.25) is 0 Å². The van der Waals surface area contributed by atoms with Crippen molar-refractivity contribution in [1.82, 2.24) is 5.32 Å². The van der Waals surface area contributed by atoms with E-state index in [1.165, 1.54) is 23.1 Å². The van der Waals surface area contributed by atoms with E-state index >= 15 is 0 Å². The van der Waals surface area contributed by atoms with Crippen LogP contribution in [0.25, 0.3) is 0 Å². The van der Waals surface area contributed by atoms with E-state index < -0.39 is 0 Å². The maximum absolute atomic E-state index is 4.36. The molecule has 0 aromatic heterocycles. The fourth-order valence-electron chi connectivity index (χ4n) is 3.75. The Kier molecular flexibility index (Phi) is 10.2. The van der Waals surface area contributed by atoms with Crippen molar-refractivity contribution in [3.05, 3.63) is 109 Å². The van der Waals surface area contributed by atoms with Gasteiger partial charge in [0.25, 0.3) is 0 Å². The van der Waals surface area contributed by atoms with Crippen LogP contribution < -0.4 is 5.32 Å². The minimum atomic E-state index is 0.166. The Morgan fingerprint density at radius 3 is 2.45 bits per heavy atom. The monoisotopic (exact) mass is 389 g/mol. The van der Waals surface area contributed by atoms with Gasteiger partial charge < -0.3 is 5.32 Å². The van der Waals surface area contributed by atoms with Crippen LogP contribution in [0.5, 0.6) is 0 Å². The van der Waals surface area contributed by atoms with Gasteiger partial charge in [-0.2, -0.15) is 0 Å². The molecule has 0 bridgehead atoms. The molecular weight excluding hydrogens is 350 g/mol. The van der Waals surface area contributed by atoms with E-state index in [1.807, 2.05) is 13.0 Å². The molecule has 1 aliphatic rings. The van der Waals surface area contributed by atoms with Gasteiger partial charge in [-0.1, -0.05) is 89.1 Å². The van der Waals surface area contributed by atoms with Crippen molar-refractivity contribution in [2.75, 3.05) is 0 Å². The minimum Gasteiger partial charge on any atom is -0.356 e. The van der Waals surface area contributed by atoms with Gasteiger partial charge in [0.05, 0.1) is 0 Å². The number of hydrogen-bond donors (Lipinski definition) is 1. The van der Waals surface area contributed by atoms with Crippen LogP contribution >= 0.6 is 0 Å². The third-order valence-corrected chi connectivity index (χ3v) is 5.87. The molecule has 156 valence electrons. The zero-order valence-electron chi connectivity index (χ0n) is 19.0. The van der Waals surface area contributed by atoms with E-state index in [1.54, 1.807) is 6.08 Å². The quantitative estimate of drug-likeness (QED) is 0.351. The van der Waals surface area contributed by atoms with Gasteiger partial charge in [0.15, 0.2) is 0 Å². The first-order valence-corrected chi connectivity index (χ1v) is 10.7. The Labute approximate surface area is 179 Å². The smallest absolute Gasteiger partial charge is 0.0381 e. The van der Waals surface area contributed by atoms with Crippen LogP contribution in [-0.4, -0.2) is 0 Å². The lowest BCUT2D eigenvalue weighted by Gasteiger charge is -2.32. The Balaban J connectivity index is 2.92. The van der Waals surface area contributed by atoms with E-state index in [0.29, 0.717) is 0 Å². The molecule has 0 aromatic rings. The van der Waals surface area contributed by atoms with Crippen molar-refractivity contribution in [1.29, 1.82) is 0 Å². The molecular formula is C28H39N. The Morgan fingerprint density at radius 1 is 1.17 bits per heavy atom. The molecule has 0 saturated heterocycles. The minimum absolute atomic E-state index is 0.166. The average Bonchev–Trinajstić information content (AvgIpc) is 2.88. The van der Waals surface area contributed by atoms with Crippen molar-refractivity contribution >= 4 is 0 Å². The second-order valence-electron chi connectivity index (χ2n) is 7.64. The second-order valence-corrected chi connectivity index (χ2v) is 7.64. The van der Waals surface area contributed by atoms with Gasteiger partial charge in [-0.25, -0.2) is 0 Å². The molecule has 0 saturated carbocycles. The van der Waals surface area contributed by atoms with Crippen LogP contribution in [0.1, 0.15) is 59.8 Å². The molecule has 0 radical (unpaired) electrons. The highest BCUT2D eigenvalue weighted by atomic mass is 14.9. The summed E-state index contributed by atoms with van der Waals surface area (Å²) in [5.41, 5.74) is 6.62. The molecule has 1 unspecified atom stereocenters. The summed E-state index contributed by atoms with van der Waals surface area (Å²) in [6.45, 7) is 25.3. The van der Waals surface area contributed by atoms with E-state index in [0.717, 1.165) is 42.7 Å². The molecule has 29 heavy (non-hydrogen) atoms. The van der Waals surface area contributed by atoms with E-state index in [-0.39, 0.29) is 5.41 Å². The Hall–Kier alpha value is -2.54. The van der Waals surface area contributed by atoms with Crippen molar-refractivity contribution < 1.29 is 0 Å². The summed E-state index contributed by atoms with van der Waals surface area (Å²) in [5, 5.41) is 3.48. The van der Waals surface area contributed by atoms with Crippen LogP contribution in [0.4, 0.5) is 0 Å². The summed E-state index contributed by atoms with van der Waals surface area (Å²) in [6, 6.07) is 0. The third kappa shape index (κ3) is 6.78.